The van der Waals surface area contributed by atoms with Gasteiger partial charge in [0.15, 0.2) is 5.78 Å². The Morgan fingerprint density at radius 2 is 1.73 bits per heavy atom. The Morgan fingerprint density at radius 3 is 2.33 bits per heavy atom. The van der Waals surface area contributed by atoms with Gasteiger partial charge >= 0.3 is 6.09 Å². The van der Waals surface area contributed by atoms with Crippen LogP contribution in [0, 0.1) is 5.92 Å². The van der Waals surface area contributed by atoms with Crippen LogP contribution in [0.3, 0.4) is 0 Å². The first-order valence-electron chi connectivity index (χ1n) is 10.7. The molecule has 3 rings (SSSR count). The van der Waals surface area contributed by atoms with Crippen LogP contribution < -0.4 is 11.1 Å². The first-order chi connectivity index (χ1) is 15.7. The number of rotatable bonds is 9. The molecule has 1 heterocycles. The molecule has 1 aliphatic heterocycles. The molecule has 0 aromatic heterocycles. The summed E-state index contributed by atoms with van der Waals surface area (Å²) in [6.07, 6.45) is 2.88. The lowest BCUT2D eigenvalue weighted by atomic mass is 9.82. The number of carbonyl (C=O) groups excluding carboxylic acids is 3. The van der Waals surface area contributed by atoms with Crippen LogP contribution >= 0.6 is 0 Å². The topological polar surface area (TPSA) is 119 Å². The van der Waals surface area contributed by atoms with E-state index in [1.54, 1.807) is 26.0 Å². The van der Waals surface area contributed by atoms with E-state index < -0.39 is 35.3 Å². The number of nitrogens with one attached hydrogen (secondary N) is 1. The number of primary amides is 1. The molecule has 4 N–H and O–H groups in total. The fraction of sp³-hybridized carbons (Fsp3) is 0.269. The zero-order valence-corrected chi connectivity index (χ0v) is 18.7. The smallest absolute Gasteiger partial charge is 0.405 e. The molecule has 2 aromatic rings. The third kappa shape index (κ3) is 6.32. The number of nitrogens with two attached hydrogens (primary N) is 1. The SMILES string of the molecule is CC(C)(CC(Cc1ccccc1)C(=O)C1=C(O)C(C=Cc2ccccc2)NC1=O)OC(N)=O. The highest BCUT2D eigenvalue weighted by Gasteiger charge is 2.40. The summed E-state index contributed by atoms with van der Waals surface area (Å²) in [4.78, 5) is 37.4. The largest absolute Gasteiger partial charge is 0.509 e. The Kier molecular flexibility index (Phi) is 7.33. The Labute approximate surface area is 192 Å². The van der Waals surface area contributed by atoms with Crippen LogP contribution in [-0.2, 0) is 20.7 Å². The highest BCUT2D eigenvalue weighted by Crippen LogP contribution is 2.29. The summed E-state index contributed by atoms with van der Waals surface area (Å²) in [5, 5.41) is 13.4. The van der Waals surface area contributed by atoms with Crippen molar-refractivity contribution in [3.05, 3.63) is 89.2 Å². The van der Waals surface area contributed by atoms with Gasteiger partial charge in [-0.3, -0.25) is 9.59 Å². The third-order valence-corrected chi connectivity index (χ3v) is 5.40. The molecule has 0 radical (unpaired) electrons. The maximum absolute atomic E-state index is 13.5. The average molecular weight is 449 g/mol. The van der Waals surface area contributed by atoms with Gasteiger partial charge in [-0.15, -0.1) is 0 Å². The summed E-state index contributed by atoms with van der Waals surface area (Å²) in [6, 6.07) is 17.9. The zero-order chi connectivity index (χ0) is 24.0. The van der Waals surface area contributed by atoms with E-state index in [1.165, 1.54) is 0 Å². The van der Waals surface area contributed by atoms with E-state index in [0.717, 1.165) is 11.1 Å². The molecule has 7 nitrogen and oxygen atoms in total. The predicted octanol–water partition coefficient (Wildman–Crippen LogP) is 3.70. The van der Waals surface area contributed by atoms with Gasteiger partial charge in [0.25, 0.3) is 5.91 Å². The number of hydrogen-bond acceptors (Lipinski definition) is 5. The van der Waals surface area contributed by atoms with E-state index in [2.05, 4.69) is 5.32 Å². The molecule has 0 bridgehead atoms. The molecular formula is C26H28N2O5. The third-order valence-electron chi connectivity index (χ3n) is 5.40. The Hall–Kier alpha value is -3.87. The summed E-state index contributed by atoms with van der Waals surface area (Å²) in [5.41, 5.74) is 5.64. The lowest BCUT2D eigenvalue weighted by Gasteiger charge is -2.28. The van der Waals surface area contributed by atoms with Crippen LogP contribution in [0.2, 0.25) is 0 Å². The first-order valence-corrected chi connectivity index (χ1v) is 10.7. The van der Waals surface area contributed by atoms with Gasteiger partial charge in [-0.05, 0) is 37.8 Å². The second kappa shape index (κ2) is 10.2. The van der Waals surface area contributed by atoms with Crippen molar-refractivity contribution in [3.63, 3.8) is 0 Å². The Balaban J connectivity index is 1.88. The summed E-state index contributed by atoms with van der Waals surface area (Å²) >= 11 is 0. The zero-order valence-electron chi connectivity index (χ0n) is 18.7. The van der Waals surface area contributed by atoms with E-state index in [4.69, 9.17) is 10.5 Å². The normalized spacial score (nSPS) is 17.2. The van der Waals surface area contributed by atoms with Gasteiger partial charge in [-0.2, -0.15) is 0 Å². The number of Topliss-reactive ketones (excluding diaryl/α,β-unsaturated/α-hetero) is 1. The average Bonchev–Trinajstić information content (AvgIpc) is 3.04. The van der Waals surface area contributed by atoms with Gasteiger partial charge in [-0.1, -0.05) is 72.8 Å². The van der Waals surface area contributed by atoms with Crippen molar-refractivity contribution in [3.8, 4) is 0 Å². The second-order valence-corrected chi connectivity index (χ2v) is 8.62. The van der Waals surface area contributed by atoms with Crippen LogP contribution in [0.1, 0.15) is 31.4 Å². The molecule has 1 aliphatic rings. The molecule has 2 aromatic carbocycles. The number of ketones is 1. The number of aliphatic hydroxyl groups excluding tert-OH is 1. The molecule has 2 unspecified atom stereocenters. The summed E-state index contributed by atoms with van der Waals surface area (Å²) < 4.78 is 5.18. The van der Waals surface area contributed by atoms with Gasteiger partial charge < -0.3 is 20.9 Å². The quantitative estimate of drug-likeness (QED) is 0.506. The molecule has 0 aliphatic carbocycles. The van der Waals surface area contributed by atoms with Gasteiger partial charge in [-0.25, -0.2) is 4.79 Å². The van der Waals surface area contributed by atoms with Crippen molar-refractivity contribution in [1.29, 1.82) is 0 Å². The molecule has 2 atom stereocenters. The summed E-state index contributed by atoms with van der Waals surface area (Å²) in [7, 11) is 0. The molecule has 2 amide bonds. The molecule has 33 heavy (non-hydrogen) atoms. The molecule has 0 saturated heterocycles. The van der Waals surface area contributed by atoms with Crippen molar-refractivity contribution in [1.82, 2.24) is 5.32 Å². The van der Waals surface area contributed by atoms with Crippen molar-refractivity contribution in [2.24, 2.45) is 11.7 Å². The van der Waals surface area contributed by atoms with Crippen LogP contribution in [0.25, 0.3) is 6.08 Å². The van der Waals surface area contributed by atoms with Crippen LogP contribution in [-0.4, -0.2) is 34.5 Å². The number of benzene rings is 2. The summed E-state index contributed by atoms with van der Waals surface area (Å²) in [6.45, 7) is 3.30. The van der Waals surface area contributed by atoms with Gasteiger partial charge in [0, 0.05) is 5.92 Å². The van der Waals surface area contributed by atoms with E-state index in [-0.39, 0.29) is 17.8 Å². The van der Waals surface area contributed by atoms with E-state index in [9.17, 15) is 19.5 Å². The van der Waals surface area contributed by atoms with Crippen molar-refractivity contribution in [2.45, 2.75) is 38.3 Å². The minimum Gasteiger partial charge on any atom is -0.509 e. The highest BCUT2D eigenvalue weighted by atomic mass is 16.6. The molecular weight excluding hydrogens is 420 g/mol. The molecule has 172 valence electrons. The number of hydrogen-bond donors (Lipinski definition) is 3. The minimum atomic E-state index is -1.04. The second-order valence-electron chi connectivity index (χ2n) is 8.62. The molecule has 0 spiro atoms. The Morgan fingerprint density at radius 1 is 1.12 bits per heavy atom. The minimum absolute atomic E-state index is 0.123. The lowest BCUT2D eigenvalue weighted by Crippen LogP contribution is -2.37. The molecule has 0 saturated carbocycles. The number of carbonyl (C=O) groups is 3. The van der Waals surface area contributed by atoms with E-state index >= 15 is 0 Å². The predicted molar refractivity (Wildman–Crippen MR) is 125 cm³/mol. The fourth-order valence-corrected chi connectivity index (χ4v) is 3.97. The molecule has 0 fully saturated rings. The van der Waals surface area contributed by atoms with Crippen LogP contribution in [0.15, 0.2) is 78.1 Å². The lowest BCUT2D eigenvalue weighted by molar-refractivity contribution is -0.125. The maximum atomic E-state index is 13.5. The molecule has 7 heteroatoms. The highest BCUT2D eigenvalue weighted by molar-refractivity contribution is 6.22. The van der Waals surface area contributed by atoms with Crippen LogP contribution in [0.5, 0.6) is 0 Å². The van der Waals surface area contributed by atoms with Gasteiger partial charge in [0.2, 0.25) is 0 Å². The van der Waals surface area contributed by atoms with E-state index in [0.29, 0.717) is 6.42 Å². The van der Waals surface area contributed by atoms with Crippen molar-refractivity contribution in [2.75, 3.05) is 0 Å². The standard InChI is InChI=1S/C26H28N2O5/c1-26(2,33-25(27)32)16-19(15-18-11-7-4-8-12-18)22(29)21-23(30)20(28-24(21)31)14-13-17-9-5-3-6-10-17/h3-14,19-20,30H,15-16H2,1-2H3,(H2,27,32)(H,28,31). The number of amides is 2. The first kappa shape index (κ1) is 23.8. The maximum Gasteiger partial charge on any atom is 0.405 e. The summed E-state index contributed by atoms with van der Waals surface area (Å²) in [5.74, 6) is -2.18. The van der Waals surface area contributed by atoms with Gasteiger partial charge in [0.05, 0.1) is 0 Å². The van der Waals surface area contributed by atoms with Gasteiger partial charge in [0.1, 0.15) is 23.0 Å². The van der Waals surface area contributed by atoms with Crippen molar-refractivity contribution >= 4 is 23.9 Å². The Bertz CT molecular complexity index is 1070. The number of ether oxygens (including phenoxy) is 1. The van der Waals surface area contributed by atoms with Crippen LogP contribution in [0.4, 0.5) is 4.79 Å². The van der Waals surface area contributed by atoms with Crippen molar-refractivity contribution < 1.29 is 24.2 Å². The fourth-order valence-electron chi connectivity index (χ4n) is 3.97. The number of aliphatic hydroxyl groups is 1. The van der Waals surface area contributed by atoms with E-state index in [1.807, 2.05) is 60.7 Å². The monoisotopic (exact) mass is 448 g/mol.